The van der Waals surface area contributed by atoms with E-state index in [2.05, 4.69) is 20.2 Å². The van der Waals surface area contributed by atoms with Crippen LogP contribution in [0.2, 0.25) is 5.02 Å². The fourth-order valence-electron chi connectivity index (χ4n) is 2.83. The Bertz CT molecular complexity index is 729. The molecule has 24 heavy (non-hydrogen) atoms. The lowest BCUT2D eigenvalue weighted by atomic mass is 10.1. The third kappa shape index (κ3) is 4.23. The van der Waals surface area contributed by atoms with E-state index in [1.54, 1.807) is 6.07 Å². The Morgan fingerprint density at radius 1 is 1.25 bits per heavy atom. The van der Waals surface area contributed by atoms with Crippen LogP contribution >= 0.6 is 11.6 Å². The summed E-state index contributed by atoms with van der Waals surface area (Å²) >= 11 is 6.09. The molecule has 0 aliphatic carbocycles. The molecule has 1 aliphatic heterocycles. The first-order valence-electron chi connectivity index (χ1n) is 8.21. The number of benzene rings is 1. The Hall–Kier alpha value is -2.14. The number of aryl methyl sites for hydroxylation is 1. The molecule has 1 aromatic carbocycles. The average molecular weight is 345 g/mol. The number of hydrogen-bond donors (Lipinski definition) is 1. The molecule has 1 aromatic heterocycles. The zero-order valence-electron chi connectivity index (χ0n) is 13.8. The molecule has 0 spiro atoms. The third-order valence-electron chi connectivity index (χ3n) is 4.06. The summed E-state index contributed by atoms with van der Waals surface area (Å²) in [6.07, 6.45) is 2.63. The van der Waals surface area contributed by atoms with E-state index in [1.807, 2.05) is 31.2 Å². The van der Waals surface area contributed by atoms with Crippen molar-refractivity contribution >= 4 is 23.5 Å². The van der Waals surface area contributed by atoms with Crippen molar-refractivity contribution in [3.8, 4) is 0 Å². The maximum atomic E-state index is 12.1. The first-order chi connectivity index (χ1) is 11.6. The molecular formula is C18H21ClN4O. The highest BCUT2D eigenvalue weighted by Gasteiger charge is 2.16. The number of rotatable bonds is 5. The molecule has 2 aromatic rings. The quantitative estimate of drug-likeness (QED) is 0.906. The van der Waals surface area contributed by atoms with E-state index >= 15 is 0 Å². The monoisotopic (exact) mass is 344 g/mol. The Morgan fingerprint density at radius 3 is 2.75 bits per heavy atom. The second kappa shape index (κ2) is 7.62. The van der Waals surface area contributed by atoms with E-state index in [1.165, 1.54) is 12.8 Å². The van der Waals surface area contributed by atoms with Crippen LogP contribution in [0.5, 0.6) is 0 Å². The van der Waals surface area contributed by atoms with Crippen molar-refractivity contribution in [1.82, 2.24) is 15.3 Å². The molecule has 126 valence electrons. The van der Waals surface area contributed by atoms with Crippen molar-refractivity contribution in [3.05, 3.63) is 52.3 Å². The molecule has 3 rings (SSSR count). The smallest absolute Gasteiger partial charge is 0.225 e. The molecule has 1 aliphatic rings. The molecule has 1 fully saturated rings. The maximum Gasteiger partial charge on any atom is 0.225 e. The summed E-state index contributed by atoms with van der Waals surface area (Å²) < 4.78 is 0. The van der Waals surface area contributed by atoms with Gasteiger partial charge in [0, 0.05) is 23.8 Å². The lowest BCUT2D eigenvalue weighted by Crippen LogP contribution is -2.26. The van der Waals surface area contributed by atoms with E-state index < -0.39 is 0 Å². The largest absolute Gasteiger partial charge is 0.350 e. The topological polar surface area (TPSA) is 58.1 Å². The summed E-state index contributed by atoms with van der Waals surface area (Å²) in [5, 5.41) is 3.53. The predicted octanol–water partition coefficient (Wildman–Crippen LogP) is 2.90. The molecule has 0 atom stereocenters. The number of aromatic nitrogens is 2. The van der Waals surface area contributed by atoms with Crippen LogP contribution in [0, 0.1) is 6.92 Å². The highest BCUT2D eigenvalue weighted by atomic mass is 35.5. The summed E-state index contributed by atoms with van der Waals surface area (Å²) in [6.45, 7) is 4.35. The van der Waals surface area contributed by atoms with Crippen LogP contribution < -0.4 is 10.2 Å². The van der Waals surface area contributed by atoms with Gasteiger partial charge in [0.1, 0.15) is 0 Å². The first-order valence-corrected chi connectivity index (χ1v) is 8.59. The lowest BCUT2D eigenvalue weighted by molar-refractivity contribution is -0.120. The van der Waals surface area contributed by atoms with Crippen LogP contribution in [0.25, 0.3) is 0 Å². The zero-order chi connectivity index (χ0) is 16.9. The van der Waals surface area contributed by atoms with Crippen LogP contribution in [0.3, 0.4) is 0 Å². The molecule has 6 heteroatoms. The minimum atomic E-state index is -0.0675. The van der Waals surface area contributed by atoms with Crippen molar-refractivity contribution in [2.24, 2.45) is 0 Å². The number of anilines is 1. The number of hydrogen-bond acceptors (Lipinski definition) is 4. The van der Waals surface area contributed by atoms with Gasteiger partial charge in [0.05, 0.1) is 18.7 Å². The van der Waals surface area contributed by atoms with Gasteiger partial charge in [-0.05, 0) is 37.5 Å². The highest BCUT2D eigenvalue weighted by molar-refractivity contribution is 6.31. The molecule has 1 saturated heterocycles. The van der Waals surface area contributed by atoms with E-state index in [9.17, 15) is 4.79 Å². The van der Waals surface area contributed by atoms with Gasteiger partial charge in [0.25, 0.3) is 0 Å². The summed E-state index contributed by atoms with van der Waals surface area (Å²) in [5.74, 6) is 0.699. The summed E-state index contributed by atoms with van der Waals surface area (Å²) in [5.41, 5.74) is 2.58. The van der Waals surface area contributed by atoms with Gasteiger partial charge in [-0.3, -0.25) is 4.79 Å². The molecule has 0 bridgehead atoms. The van der Waals surface area contributed by atoms with Gasteiger partial charge < -0.3 is 10.2 Å². The molecule has 1 amide bonds. The molecule has 0 saturated carbocycles. The second-order valence-electron chi connectivity index (χ2n) is 6.04. The van der Waals surface area contributed by atoms with E-state index in [0.717, 1.165) is 36.0 Å². The van der Waals surface area contributed by atoms with Crippen molar-refractivity contribution < 1.29 is 4.79 Å². The Balaban J connectivity index is 1.61. The number of halogens is 1. The first kappa shape index (κ1) is 16.7. The van der Waals surface area contributed by atoms with Crippen LogP contribution in [0.15, 0.2) is 30.3 Å². The maximum absolute atomic E-state index is 12.1. The summed E-state index contributed by atoms with van der Waals surface area (Å²) in [4.78, 5) is 23.4. The van der Waals surface area contributed by atoms with Gasteiger partial charge in [0.2, 0.25) is 11.9 Å². The predicted molar refractivity (Wildman–Crippen MR) is 95.2 cm³/mol. The Labute approximate surface area is 147 Å². The summed E-state index contributed by atoms with van der Waals surface area (Å²) in [6, 6.07) is 9.30. The van der Waals surface area contributed by atoms with Gasteiger partial charge >= 0.3 is 0 Å². The number of nitrogens with zero attached hydrogens (tertiary/aromatic N) is 3. The Kier molecular flexibility index (Phi) is 5.30. The fraction of sp³-hybridized carbons (Fsp3) is 0.389. The number of carbonyl (C=O) groups is 1. The fourth-order valence-corrected chi connectivity index (χ4v) is 3.03. The van der Waals surface area contributed by atoms with Crippen LogP contribution in [0.4, 0.5) is 5.95 Å². The summed E-state index contributed by atoms with van der Waals surface area (Å²) in [7, 11) is 0. The van der Waals surface area contributed by atoms with E-state index in [-0.39, 0.29) is 12.3 Å². The van der Waals surface area contributed by atoms with Crippen LogP contribution in [-0.2, 0) is 17.8 Å². The standard InChI is InChI=1S/C18H21ClN4O/c1-13-10-15(22-18(21-13)23-8-4-5-9-23)12-20-17(24)11-14-6-2-3-7-16(14)19/h2-3,6-7,10H,4-5,8-9,11-12H2,1H3,(H,20,24). The van der Waals surface area contributed by atoms with Gasteiger partial charge in [-0.1, -0.05) is 29.8 Å². The number of carbonyl (C=O) groups excluding carboxylic acids is 1. The minimum absolute atomic E-state index is 0.0675. The third-order valence-corrected chi connectivity index (χ3v) is 4.43. The number of amides is 1. The van der Waals surface area contributed by atoms with Gasteiger partial charge in [0.15, 0.2) is 0 Å². The SMILES string of the molecule is Cc1cc(CNC(=O)Cc2ccccc2Cl)nc(N2CCCC2)n1. The molecule has 2 heterocycles. The number of nitrogens with one attached hydrogen (secondary N) is 1. The molecule has 1 N–H and O–H groups in total. The van der Waals surface area contributed by atoms with Gasteiger partial charge in [-0.25, -0.2) is 9.97 Å². The van der Waals surface area contributed by atoms with Crippen LogP contribution in [-0.4, -0.2) is 29.0 Å². The van der Waals surface area contributed by atoms with Crippen molar-refractivity contribution in [2.75, 3.05) is 18.0 Å². The van der Waals surface area contributed by atoms with E-state index in [0.29, 0.717) is 11.6 Å². The van der Waals surface area contributed by atoms with Crippen molar-refractivity contribution in [3.63, 3.8) is 0 Å². The Morgan fingerprint density at radius 2 is 2.00 bits per heavy atom. The molecule has 0 unspecified atom stereocenters. The highest BCUT2D eigenvalue weighted by Crippen LogP contribution is 2.17. The lowest BCUT2D eigenvalue weighted by Gasteiger charge is -2.16. The molecule has 5 nitrogen and oxygen atoms in total. The second-order valence-corrected chi connectivity index (χ2v) is 6.45. The van der Waals surface area contributed by atoms with E-state index in [4.69, 9.17) is 11.6 Å². The van der Waals surface area contributed by atoms with Crippen molar-refractivity contribution in [2.45, 2.75) is 32.7 Å². The minimum Gasteiger partial charge on any atom is -0.350 e. The zero-order valence-corrected chi connectivity index (χ0v) is 14.5. The van der Waals surface area contributed by atoms with Crippen molar-refractivity contribution in [1.29, 1.82) is 0 Å². The average Bonchev–Trinajstić information content (AvgIpc) is 3.09. The van der Waals surface area contributed by atoms with Gasteiger partial charge in [-0.2, -0.15) is 0 Å². The molecule has 0 radical (unpaired) electrons. The van der Waals surface area contributed by atoms with Gasteiger partial charge in [-0.15, -0.1) is 0 Å². The normalized spacial score (nSPS) is 14.0. The molecular weight excluding hydrogens is 324 g/mol. The van der Waals surface area contributed by atoms with Crippen LogP contribution in [0.1, 0.15) is 29.8 Å².